The van der Waals surface area contributed by atoms with Gasteiger partial charge in [0.05, 0.1) is 10.9 Å². The zero-order valence-corrected chi connectivity index (χ0v) is 26.8. The number of fused-ring (bicyclic) bond motifs is 2. The van der Waals surface area contributed by atoms with E-state index in [0.717, 1.165) is 23.2 Å². The summed E-state index contributed by atoms with van der Waals surface area (Å²) in [6.45, 7) is 4.14. The van der Waals surface area contributed by atoms with Gasteiger partial charge in [-0.2, -0.15) is 0 Å². The van der Waals surface area contributed by atoms with Crippen LogP contribution in [0.2, 0.25) is 0 Å². The summed E-state index contributed by atoms with van der Waals surface area (Å²) in [5, 5.41) is 15.8. The Balaban J connectivity index is 1.28. The number of hydrogen-bond acceptors (Lipinski definition) is 6. The van der Waals surface area contributed by atoms with E-state index in [4.69, 9.17) is 4.74 Å². The van der Waals surface area contributed by atoms with Crippen molar-refractivity contribution in [3.8, 4) is 5.75 Å². The van der Waals surface area contributed by atoms with Crippen molar-refractivity contribution in [2.45, 2.75) is 81.2 Å². The molecule has 0 unspecified atom stereocenters. The van der Waals surface area contributed by atoms with E-state index >= 15 is 0 Å². The minimum Gasteiger partial charge on any atom is -0.485 e. The fourth-order valence-corrected chi connectivity index (χ4v) is 8.07. The van der Waals surface area contributed by atoms with Crippen molar-refractivity contribution in [3.05, 3.63) is 102 Å². The third-order valence-electron chi connectivity index (χ3n) is 9.21. The summed E-state index contributed by atoms with van der Waals surface area (Å²) < 4.78 is 36.5. The molecule has 1 heterocycles. The van der Waals surface area contributed by atoms with Gasteiger partial charge in [-0.05, 0) is 75.0 Å². The summed E-state index contributed by atoms with van der Waals surface area (Å²) in [6.07, 6.45) is 4.94. The Labute approximate surface area is 265 Å². The molecule has 1 amide bonds. The SMILES string of the molecule is CN(Cc1ccccc1NC(=O)c1ccc2c(c1)[C@@H](NS(=O)(=O)c1cccc3ccccc13)[C@H](O)C(C)(C)O2)C1CCCCC1. The summed E-state index contributed by atoms with van der Waals surface area (Å²) in [7, 11) is -1.95. The normalized spacial score (nSPS) is 20.0. The Kier molecular flexibility index (Phi) is 8.72. The fraction of sp³-hybridized carbons (Fsp3) is 0.361. The Morgan fingerprint density at radius 1 is 0.956 bits per heavy atom. The van der Waals surface area contributed by atoms with Gasteiger partial charge in [-0.3, -0.25) is 9.69 Å². The van der Waals surface area contributed by atoms with Gasteiger partial charge in [0.15, 0.2) is 0 Å². The van der Waals surface area contributed by atoms with Crippen molar-refractivity contribution in [2.75, 3.05) is 12.4 Å². The van der Waals surface area contributed by atoms with Gasteiger partial charge in [-0.1, -0.05) is 73.9 Å². The maximum atomic E-state index is 13.8. The van der Waals surface area contributed by atoms with Crippen LogP contribution < -0.4 is 14.8 Å². The van der Waals surface area contributed by atoms with Gasteiger partial charge >= 0.3 is 0 Å². The van der Waals surface area contributed by atoms with Crippen LogP contribution in [0.3, 0.4) is 0 Å². The second kappa shape index (κ2) is 12.6. The van der Waals surface area contributed by atoms with Crippen molar-refractivity contribution in [1.82, 2.24) is 9.62 Å². The summed E-state index contributed by atoms with van der Waals surface area (Å²) >= 11 is 0. The zero-order valence-electron chi connectivity index (χ0n) is 26.0. The molecular weight excluding hydrogens is 586 g/mol. The third-order valence-corrected chi connectivity index (χ3v) is 10.7. The molecule has 0 aromatic heterocycles. The molecule has 0 spiro atoms. The highest BCUT2D eigenvalue weighted by Crippen LogP contribution is 2.41. The van der Waals surface area contributed by atoms with Crippen molar-refractivity contribution in [3.63, 3.8) is 0 Å². The Bertz CT molecular complexity index is 1810. The highest BCUT2D eigenvalue weighted by molar-refractivity contribution is 7.89. The maximum absolute atomic E-state index is 13.8. The summed E-state index contributed by atoms with van der Waals surface area (Å²) in [4.78, 5) is 16.1. The van der Waals surface area contributed by atoms with Gasteiger partial charge in [0, 0.05) is 34.8 Å². The molecule has 0 saturated heterocycles. The first kappa shape index (κ1) is 31.2. The molecule has 4 aromatic rings. The van der Waals surface area contributed by atoms with E-state index in [0.29, 0.717) is 28.3 Å². The molecule has 236 valence electrons. The number of benzene rings is 4. The van der Waals surface area contributed by atoms with Gasteiger partial charge in [-0.25, -0.2) is 13.1 Å². The Morgan fingerprint density at radius 3 is 2.47 bits per heavy atom. The molecule has 6 rings (SSSR count). The number of aliphatic hydroxyl groups is 1. The van der Waals surface area contributed by atoms with Gasteiger partial charge in [0.1, 0.15) is 17.5 Å². The first-order valence-corrected chi connectivity index (χ1v) is 17.1. The zero-order chi connectivity index (χ0) is 31.8. The van der Waals surface area contributed by atoms with Gasteiger partial charge in [-0.15, -0.1) is 0 Å². The molecule has 4 aromatic carbocycles. The number of sulfonamides is 1. The molecule has 2 aliphatic rings. The number of amides is 1. The van der Waals surface area contributed by atoms with E-state index in [1.54, 1.807) is 56.3 Å². The lowest BCUT2D eigenvalue weighted by Gasteiger charge is -2.42. The van der Waals surface area contributed by atoms with E-state index in [1.165, 1.54) is 32.1 Å². The summed E-state index contributed by atoms with van der Waals surface area (Å²) in [5.74, 6) is 0.0718. The van der Waals surface area contributed by atoms with Gasteiger partial charge in [0.25, 0.3) is 5.91 Å². The van der Waals surface area contributed by atoms with E-state index in [-0.39, 0.29) is 10.8 Å². The standard InChI is InChI=1S/C36H41N3O5S/c1-36(2)34(40)33(38-45(42,43)32-19-11-14-24-12-7-9-17-28(24)32)29-22-25(20-21-31(29)44-36)35(41)37-30-18-10-8-13-26(30)23-39(3)27-15-5-4-6-16-27/h7-14,17-22,27,33-34,38,40H,4-6,15-16,23H2,1-3H3,(H,37,41)/t33-,34+/m1/s1. The van der Waals surface area contributed by atoms with Crippen LogP contribution in [0.1, 0.15) is 73.5 Å². The molecule has 1 aliphatic heterocycles. The first-order chi connectivity index (χ1) is 21.5. The second-order valence-corrected chi connectivity index (χ2v) is 14.5. The first-order valence-electron chi connectivity index (χ1n) is 15.6. The number of carbonyl (C=O) groups excluding carboxylic acids is 1. The molecule has 0 radical (unpaired) electrons. The molecule has 1 aliphatic carbocycles. The van der Waals surface area contributed by atoms with E-state index < -0.39 is 27.8 Å². The second-order valence-electron chi connectivity index (χ2n) is 12.8. The predicted molar refractivity (Wildman–Crippen MR) is 177 cm³/mol. The quantitative estimate of drug-likeness (QED) is 0.209. The van der Waals surface area contributed by atoms with Crippen molar-refractivity contribution < 1.29 is 23.1 Å². The topological polar surface area (TPSA) is 108 Å². The van der Waals surface area contributed by atoms with Crippen molar-refractivity contribution >= 4 is 32.4 Å². The van der Waals surface area contributed by atoms with Crippen LogP contribution >= 0.6 is 0 Å². The number of nitrogens with zero attached hydrogens (tertiary/aromatic N) is 1. The number of hydrogen-bond donors (Lipinski definition) is 3. The molecule has 3 N–H and O–H groups in total. The van der Waals surface area contributed by atoms with Crippen LogP contribution in [0.15, 0.2) is 89.8 Å². The summed E-state index contributed by atoms with van der Waals surface area (Å²) in [5.41, 5.74) is 1.38. The molecular formula is C36H41N3O5S. The molecule has 0 bridgehead atoms. The molecule has 1 saturated carbocycles. The lowest BCUT2D eigenvalue weighted by molar-refractivity contribution is -0.0603. The van der Waals surface area contributed by atoms with Crippen molar-refractivity contribution in [2.24, 2.45) is 0 Å². The maximum Gasteiger partial charge on any atom is 0.255 e. The highest BCUT2D eigenvalue weighted by Gasteiger charge is 2.45. The smallest absolute Gasteiger partial charge is 0.255 e. The minimum absolute atomic E-state index is 0.113. The lowest BCUT2D eigenvalue weighted by atomic mass is 9.86. The van der Waals surface area contributed by atoms with Gasteiger partial charge in [0.2, 0.25) is 10.0 Å². The number of carbonyl (C=O) groups is 1. The summed E-state index contributed by atoms with van der Waals surface area (Å²) in [6, 6.07) is 24.6. The monoisotopic (exact) mass is 627 g/mol. The van der Waals surface area contributed by atoms with Crippen LogP contribution in [0.25, 0.3) is 10.8 Å². The minimum atomic E-state index is -4.09. The van der Waals surface area contributed by atoms with E-state index in [1.807, 2.05) is 42.5 Å². The van der Waals surface area contributed by atoms with Crippen LogP contribution in [0.4, 0.5) is 5.69 Å². The fourth-order valence-electron chi connectivity index (χ4n) is 6.62. The van der Waals surface area contributed by atoms with Crippen LogP contribution in [0.5, 0.6) is 5.75 Å². The molecule has 1 fully saturated rings. The number of para-hydroxylation sites is 1. The molecule has 8 nitrogen and oxygen atoms in total. The molecule has 9 heteroatoms. The average Bonchev–Trinajstić information content (AvgIpc) is 3.04. The Hall–Kier alpha value is -3.76. The number of rotatable bonds is 8. The average molecular weight is 628 g/mol. The number of anilines is 1. The Morgan fingerprint density at radius 2 is 1.67 bits per heavy atom. The molecule has 45 heavy (non-hydrogen) atoms. The van der Waals surface area contributed by atoms with Crippen LogP contribution in [0, 0.1) is 0 Å². The van der Waals surface area contributed by atoms with Gasteiger partial charge < -0.3 is 15.2 Å². The molecule has 2 atom stereocenters. The highest BCUT2D eigenvalue weighted by atomic mass is 32.2. The van der Waals surface area contributed by atoms with Crippen LogP contribution in [-0.2, 0) is 16.6 Å². The largest absolute Gasteiger partial charge is 0.485 e. The van der Waals surface area contributed by atoms with E-state index in [9.17, 15) is 18.3 Å². The van der Waals surface area contributed by atoms with Crippen LogP contribution in [-0.4, -0.2) is 49.1 Å². The van der Waals surface area contributed by atoms with E-state index in [2.05, 4.69) is 22.0 Å². The predicted octanol–water partition coefficient (Wildman–Crippen LogP) is 6.41. The van der Waals surface area contributed by atoms with Crippen molar-refractivity contribution in [1.29, 1.82) is 0 Å². The number of nitrogens with one attached hydrogen (secondary N) is 2. The number of ether oxygens (including phenoxy) is 1. The number of aliphatic hydroxyl groups excluding tert-OH is 1. The third kappa shape index (κ3) is 6.49. The lowest BCUT2D eigenvalue weighted by Crippen LogP contribution is -2.53.